The van der Waals surface area contributed by atoms with Gasteiger partial charge in [0.25, 0.3) is 11.5 Å². The third-order valence-electron chi connectivity index (χ3n) is 5.16. The van der Waals surface area contributed by atoms with E-state index in [0.29, 0.717) is 31.0 Å². The molecule has 1 aliphatic heterocycles. The number of aryl methyl sites for hydroxylation is 1. The highest BCUT2D eigenvalue weighted by molar-refractivity contribution is 6.05. The summed E-state index contributed by atoms with van der Waals surface area (Å²) in [5.41, 5.74) is 3.05. The smallest absolute Gasteiger partial charge is 0.263 e. The Balaban J connectivity index is 1.56. The molecule has 1 fully saturated rings. The van der Waals surface area contributed by atoms with E-state index in [0.717, 1.165) is 24.3 Å². The first-order valence-corrected chi connectivity index (χ1v) is 9.95. The van der Waals surface area contributed by atoms with Gasteiger partial charge in [-0.3, -0.25) is 14.6 Å². The maximum atomic E-state index is 13.0. The van der Waals surface area contributed by atoms with Crippen LogP contribution in [0.1, 0.15) is 21.5 Å². The van der Waals surface area contributed by atoms with Crippen molar-refractivity contribution in [3.05, 3.63) is 88.1 Å². The summed E-state index contributed by atoms with van der Waals surface area (Å²) in [4.78, 5) is 32.3. The van der Waals surface area contributed by atoms with Gasteiger partial charge in [0.15, 0.2) is 0 Å². The van der Waals surface area contributed by atoms with E-state index in [4.69, 9.17) is 4.74 Å². The van der Waals surface area contributed by atoms with Crippen molar-refractivity contribution in [1.82, 2.24) is 9.55 Å². The van der Waals surface area contributed by atoms with Crippen LogP contribution in [0.15, 0.2) is 65.8 Å². The fourth-order valence-electron chi connectivity index (χ4n) is 3.55. The predicted molar refractivity (Wildman–Crippen MR) is 116 cm³/mol. The maximum absolute atomic E-state index is 13.0. The normalized spacial score (nSPS) is 13.8. The molecule has 3 heterocycles. The highest BCUT2D eigenvalue weighted by atomic mass is 16.5. The Morgan fingerprint density at radius 3 is 2.77 bits per heavy atom. The van der Waals surface area contributed by atoms with Gasteiger partial charge in [-0.2, -0.15) is 0 Å². The van der Waals surface area contributed by atoms with Crippen molar-refractivity contribution in [1.29, 1.82) is 0 Å². The molecule has 2 aromatic heterocycles. The molecule has 1 amide bonds. The van der Waals surface area contributed by atoms with E-state index in [1.807, 2.05) is 36.4 Å². The number of morpholine rings is 1. The number of ether oxygens (including phenoxy) is 1. The number of pyridine rings is 2. The number of hydrogen-bond donors (Lipinski definition) is 1. The van der Waals surface area contributed by atoms with Crippen LogP contribution >= 0.6 is 0 Å². The molecule has 0 spiro atoms. The molecule has 7 nitrogen and oxygen atoms in total. The molecule has 1 saturated heterocycles. The van der Waals surface area contributed by atoms with Crippen LogP contribution < -0.4 is 15.8 Å². The zero-order valence-corrected chi connectivity index (χ0v) is 16.9. The lowest BCUT2D eigenvalue weighted by Crippen LogP contribution is -2.36. The standard InChI is InChI=1S/C23H24N4O3/c1-17-7-9-27(16-18-4-3-8-24-15-18)23(29)21(17)22(28)25-19-5-2-6-20(14-19)26-10-12-30-13-11-26/h2-9,14-15H,10-13,16H2,1H3,(H,25,28). The third kappa shape index (κ3) is 4.41. The molecule has 7 heteroatoms. The Kier molecular flexibility index (Phi) is 5.90. The van der Waals surface area contributed by atoms with Crippen molar-refractivity contribution in [2.24, 2.45) is 0 Å². The van der Waals surface area contributed by atoms with E-state index < -0.39 is 5.91 Å². The first-order valence-electron chi connectivity index (χ1n) is 9.95. The molecule has 0 atom stereocenters. The number of rotatable bonds is 5. The number of nitrogens with zero attached hydrogens (tertiary/aromatic N) is 3. The van der Waals surface area contributed by atoms with Gasteiger partial charge in [0, 0.05) is 43.1 Å². The molecule has 0 saturated carbocycles. The van der Waals surface area contributed by atoms with Crippen molar-refractivity contribution in [2.75, 3.05) is 36.5 Å². The summed E-state index contributed by atoms with van der Waals surface area (Å²) < 4.78 is 6.93. The molecular formula is C23H24N4O3. The van der Waals surface area contributed by atoms with Gasteiger partial charge in [-0.05, 0) is 48.4 Å². The van der Waals surface area contributed by atoms with Gasteiger partial charge in [0.1, 0.15) is 5.56 Å². The third-order valence-corrected chi connectivity index (χ3v) is 5.16. The molecule has 1 aliphatic rings. The lowest BCUT2D eigenvalue weighted by Gasteiger charge is -2.29. The summed E-state index contributed by atoms with van der Waals surface area (Å²) >= 11 is 0. The summed E-state index contributed by atoms with van der Waals surface area (Å²) in [6.45, 7) is 5.14. The molecule has 0 radical (unpaired) electrons. The van der Waals surface area contributed by atoms with Gasteiger partial charge in [-0.15, -0.1) is 0 Å². The van der Waals surface area contributed by atoms with E-state index in [2.05, 4.69) is 15.2 Å². The number of aromatic nitrogens is 2. The Labute approximate surface area is 174 Å². The minimum absolute atomic E-state index is 0.151. The van der Waals surface area contributed by atoms with Gasteiger partial charge >= 0.3 is 0 Å². The number of benzene rings is 1. The van der Waals surface area contributed by atoms with Gasteiger partial charge < -0.3 is 19.5 Å². The summed E-state index contributed by atoms with van der Waals surface area (Å²) in [7, 11) is 0. The van der Waals surface area contributed by atoms with Gasteiger partial charge in [-0.25, -0.2) is 0 Å². The number of carbonyl (C=O) groups is 1. The number of hydrogen-bond acceptors (Lipinski definition) is 5. The maximum Gasteiger partial charge on any atom is 0.263 e. The molecule has 1 N–H and O–H groups in total. The van der Waals surface area contributed by atoms with E-state index in [1.165, 1.54) is 4.57 Å². The zero-order chi connectivity index (χ0) is 20.9. The van der Waals surface area contributed by atoms with E-state index in [9.17, 15) is 9.59 Å². The number of anilines is 2. The van der Waals surface area contributed by atoms with Crippen molar-refractivity contribution in [3.8, 4) is 0 Å². The van der Waals surface area contributed by atoms with Crippen LogP contribution in [0.5, 0.6) is 0 Å². The van der Waals surface area contributed by atoms with Crippen molar-refractivity contribution >= 4 is 17.3 Å². The second kappa shape index (κ2) is 8.92. The van der Waals surface area contributed by atoms with Crippen LogP contribution in [0.25, 0.3) is 0 Å². The van der Waals surface area contributed by atoms with E-state index >= 15 is 0 Å². The Morgan fingerprint density at radius 2 is 2.00 bits per heavy atom. The van der Waals surface area contributed by atoms with Crippen LogP contribution in [0.2, 0.25) is 0 Å². The van der Waals surface area contributed by atoms with E-state index in [1.54, 1.807) is 31.6 Å². The molecule has 30 heavy (non-hydrogen) atoms. The monoisotopic (exact) mass is 404 g/mol. The second-order valence-electron chi connectivity index (χ2n) is 7.27. The fraction of sp³-hybridized carbons (Fsp3) is 0.261. The lowest BCUT2D eigenvalue weighted by atomic mass is 10.1. The Hall–Kier alpha value is -3.45. The number of nitrogens with one attached hydrogen (secondary N) is 1. The lowest BCUT2D eigenvalue weighted by molar-refractivity contribution is 0.102. The molecule has 3 aromatic rings. The Morgan fingerprint density at radius 1 is 1.17 bits per heavy atom. The van der Waals surface area contributed by atoms with Crippen LogP contribution in [0.3, 0.4) is 0 Å². The van der Waals surface area contributed by atoms with Crippen molar-refractivity contribution < 1.29 is 9.53 Å². The summed E-state index contributed by atoms with van der Waals surface area (Å²) in [5, 5.41) is 2.89. The topological polar surface area (TPSA) is 76.5 Å². The number of carbonyl (C=O) groups excluding carboxylic acids is 1. The molecule has 4 rings (SSSR count). The first kappa shape index (κ1) is 19.8. The van der Waals surface area contributed by atoms with Crippen LogP contribution in [0.4, 0.5) is 11.4 Å². The van der Waals surface area contributed by atoms with Crippen LogP contribution in [0, 0.1) is 6.92 Å². The predicted octanol–water partition coefficient (Wildman–Crippen LogP) is 2.69. The van der Waals surface area contributed by atoms with Gasteiger partial charge in [0.2, 0.25) is 0 Å². The minimum Gasteiger partial charge on any atom is -0.378 e. The van der Waals surface area contributed by atoms with Crippen molar-refractivity contribution in [3.63, 3.8) is 0 Å². The molecule has 154 valence electrons. The first-order chi connectivity index (χ1) is 14.6. The van der Waals surface area contributed by atoms with Crippen LogP contribution in [-0.4, -0.2) is 41.8 Å². The quantitative estimate of drug-likeness (QED) is 0.708. The number of amides is 1. The molecule has 0 bridgehead atoms. The molecule has 1 aromatic carbocycles. The van der Waals surface area contributed by atoms with E-state index in [-0.39, 0.29) is 11.1 Å². The Bertz CT molecular complexity index is 1090. The highest BCUT2D eigenvalue weighted by Crippen LogP contribution is 2.21. The average molecular weight is 404 g/mol. The molecule has 0 aliphatic carbocycles. The average Bonchev–Trinajstić information content (AvgIpc) is 2.77. The minimum atomic E-state index is -0.405. The summed E-state index contributed by atoms with van der Waals surface area (Å²) in [6.07, 6.45) is 5.11. The molecule has 0 unspecified atom stereocenters. The fourth-order valence-corrected chi connectivity index (χ4v) is 3.55. The molecular weight excluding hydrogens is 380 g/mol. The zero-order valence-electron chi connectivity index (χ0n) is 16.9. The summed E-state index contributed by atoms with van der Waals surface area (Å²) in [5.74, 6) is -0.405. The van der Waals surface area contributed by atoms with Crippen LogP contribution in [-0.2, 0) is 11.3 Å². The van der Waals surface area contributed by atoms with Gasteiger partial charge in [0.05, 0.1) is 19.8 Å². The largest absolute Gasteiger partial charge is 0.378 e. The van der Waals surface area contributed by atoms with Gasteiger partial charge in [-0.1, -0.05) is 12.1 Å². The van der Waals surface area contributed by atoms with Crippen molar-refractivity contribution in [2.45, 2.75) is 13.5 Å². The second-order valence-corrected chi connectivity index (χ2v) is 7.27. The summed E-state index contributed by atoms with van der Waals surface area (Å²) in [6, 6.07) is 13.2. The SMILES string of the molecule is Cc1ccn(Cc2cccnc2)c(=O)c1C(=O)Nc1cccc(N2CCOCC2)c1. The highest BCUT2D eigenvalue weighted by Gasteiger charge is 2.17.